The Balaban J connectivity index is 1.91. The van der Waals surface area contributed by atoms with Crippen LogP contribution in [0.3, 0.4) is 0 Å². The third kappa shape index (κ3) is 4.05. The molecule has 0 spiro atoms. The molecule has 0 unspecified atom stereocenters. The molecule has 1 atom stereocenters. The highest BCUT2D eigenvalue weighted by molar-refractivity contribution is 6.46. The number of likely N-dealkylation sites (tertiary alicyclic amines) is 1. The molecular formula is C26H24N2O6. The van der Waals surface area contributed by atoms with Crippen molar-refractivity contribution in [1.82, 2.24) is 9.88 Å². The van der Waals surface area contributed by atoms with Crippen molar-refractivity contribution in [2.45, 2.75) is 19.5 Å². The van der Waals surface area contributed by atoms with Crippen LogP contribution in [-0.2, 0) is 16.1 Å². The van der Waals surface area contributed by atoms with E-state index in [0.29, 0.717) is 22.4 Å². The highest BCUT2D eigenvalue weighted by Gasteiger charge is 2.46. The molecule has 2 aromatic carbocycles. The maximum absolute atomic E-state index is 13.2. The van der Waals surface area contributed by atoms with Crippen LogP contribution in [0.5, 0.6) is 17.2 Å². The van der Waals surface area contributed by atoms with Crippen LogP contribution >= 0.6 is 0 Å². The predicted molar refractivity (Wildman–Crippen MR) is 124 cm³/mol. The van der Waals surface area contributed by atoms with E-state index in [4.69, 9.17) is 9.47 Å². The number of hydrogen-bond donors (Lipinski definition) is 2. The fourth-order valence-corrected chi connectivity index (χ4v) is 4.12. The van der Waals surface area contributed by atoms with Crippen LogP contribution in [0.2, 0.25) is 0 Å². The van der Waals surface area contributed by atoms with E-state index in [0.717, 1.165) is 5.56 Å². The fourth-order valence-electron chi connectivity index (χ4n) is 4.12. The first-order valence-corrected chi connectivity index (χ1v) is 10.5. The van der Waals surface area contributed by atoms with Crippen LogP contribution in [0.4, 0.5) is 0 Å². The Morgan fingerprint density at radius 2 is 1.88 bits per heavy atom. The first-order chi connectivity index (χ1) is 16.3. The molecule has 8 nitrogen and oxygen atoms in total. The first kappa shape index (κ1) is 22.8. The van der Waals surface area contributed by atoms with Gasteiger partial charge in [-0.1, -0.05) is 12.1 Å². The number of phenolic OH excluding ortho intramolecular Hbond substituents is 1. The van der Waals surface area contributed by atoms with Crippen LogP contribution in [0.15, 0.2) is 66.5 Å². The highest BCUT2D eigenvalue weighted by atomic mass is 16.5. The Morgan fingerprint density at radius 3 is 2.53 bits per heavy atom. The average molecular weight is 460 g/mol. The number of aryl methyl sites for hydroxylation is 1. The summed E-state index contributed by atoms with van der Waals surface area (Å²) in [7, 11) is 2.95. The van der Waals surface area contributed by atoms with Gasteiger partial charge < -0.3 is 24.6 Å². The molecule has 1 aliphatic rings. The standard InChI is InChI=1S/C26H24N2O6/c1-15-11-18(33-2)7-8-19(15)24(30)22-23(17-6-9-20(29)21(12-17)34-3)28(26(32)25(22)31)14-16-5-4-10-27-13-16/h4-13,23,29-30H,14H2,1-3H3/b24-22+/t23-/m1/s1. The van der Waals surface area contributed by atoms with Crippen molar-refractivity contribution in [2.75, 3.05) is 14.2 Å². The lowest BCUT2D eigenvalue weighted by atomic mass is 9.93. The van der Waals surface area contributed by atoms with Crippen LogP contribution in [0.1, 0.15) is 28.3 Å². The van der Waals surface area contributed by atoms with E-state index in [9.17, 15) is 19.8 Å². The number of Topliss-reactive ketones (excluding diaryl/α,β-unsaturated/α-hetero) is 1. The molecule has 4 rings (SSSR count). The third-order valence-electron chi connectivity index (χ3n) is 5.82. The average Bonchev–Trinajstić information content (AvgIpc) is 3.09. The van der Waals surface area contributed by atoms with Crippen LogP contribution in [0.25, 0.3) is 5.76 Å². The number of aromatic nitrogens is 1. The van der Waals surface area contributed by atoms with E-state index in [-0.39, 0.29) is 29.4 Å². The first-order valence-electron chi connectivity index (χ1n) is 10.5. The number of pyridine rings is 1. The zero-order chi connectivity index (χ0) is 24.4. The molecule has 34 heavy (non-hydrogen) atoms. The number of carbonyl (C=O) groups excluding carboxylic acids is 2. The zero-order valence-corrected chi connectivity index (χ0v) is 19.0. The lowest BCUT2D eigenvalue weighted by molar-refractivity contribution is -0.140. The summed E-state index contributed by atoms with van der Waals surface area (Å²) in [5, 5.41) is 21.4. The van der Waals surface area contributed by atoms with Crippen molar-refractivity contribution in [3.05, 3.63) is 88.8 Å². The van der Waals surface area contributed by atoms with Crippen molar-refractivity contribution in [1.29, 1.82) is 0 Å². The molecule has 0 aliphatic carbocycles. The van der Waals surface area contributed by atoms with Gasteiger partial charge in [-0.15, -0.1) is 0 Å². The summed E-state index contributed by atoms with van der Waals surface area (Å²) in [6, 6.07) is 12.3. The Morgan fingerprint density at radius 1 is 1.09 bits per heavy atom. The number of rotatable bonds is 6. The Kier molecular flexibility index (Phi) is 6.23. The van der Waals surface area contributed by atoms with Crippen molar-refractivity contribution < 1.29 is 29.3 Å². The number of aliphatic hydroxyl groups excluding tert-OH is 1. The van der Waals surface area contributed by atoms with Gasteiger partial charge in [0.2, 0.25) is 0 Å². The maximum Gasteiger partial charge on any atom is 0.295 e. The molecule has 1 aromatic heterocycles. The second-order valence-corrected chi connectivity index (χ2v) is 7.90. The molecule has 1 aliphatic heterocycles. The van der Waals surface area contributed by atoms with Crippen molar-refractivity contribution in [3.63, 3.8) is 0 Å². The van der Waals surface area contributed by atoms with E-state index in [1.54, 1.807) is 61.8 Å². The summed E-state index contributed by atoms with van der Waals surface area (Å²) in [5.41, 5.74) is 2.27. The SMILES string of the molecule is COc1ccc(/C(O)=C2\C(=O)C(=O)N(Cc3cccnc3)[C@@H]2c2ccc(O)c(OC)c2)c(C)c1. The largest absolute Gasteiger partial charge is 0.507 e. The number of aromatic hydroxyl groups is 1. The summed E-state index contributed by atoms with van der Waals surface area (Å²) in [6.45, 7) is 1.88. The fraction of sp³-hybridized carbons (Fsp3) is 0.192. The minimum absolute atomic E-state index is 0.0464. The minimum atomic E-state index is -0.906. The second-order valence-electron chi connectivity index (χ2n) is 7.90. The van der Waals surface area contributed by atoms with E-state index in [1.165, 1.54) is 25.2 Å². The van der Waals surface area contributed by atoms with E-state index in [1.807, 2.05) is 0 Å². The lowest BCUT2D eigenvalue weighted by Gasteiger charge is -2.26. The molecule has 1 saturated heterocycles. The predicted octanol–water partition coefficient (Wildman–Crippen LogP) is 3.73. The topological polar surface area (TPSA) is 109 Å². The summed E-state index contributed by atoms with van der Waals surface area (Å²) >= 11 is 0. The number of phenols is 1. The number of benzene rings is 2. The number of carbonyl (C=O) groups is 2. The monoisotopic (exact) mass is 460 g/mol. The summed E-state index contributed by atoms with van der Waals surface area (Å²) in [4.78, 5) is 31.9. The Hall–Kier alpha value is -4.33. The Bertz CT molecular complexity index is 1290. The second kappa shape index (κ2) is 9.27. The van der Waals surface area contributed by atoms with Gasteiger partial charge in [0.15, 0.2) is 11.5 Å². The molecule has 3 aromatic rings. The Labute approximate surface area is 196 Å². The van der Waals surface area contributed by atoms with Gasteiger partial charge in [0.25, 0.3) is 11.7 Å². The number of ketones is 1. The quantitative estimate of drug-likeness (QED) is 0.328. The van der Waals surface area contributed by atoms with Crippen LogP contribution in [0, 0.1) is 6.92 Å². The molecule has 174 valence electrons. The molecule has 8 heteroatoms. The number of ether oxygens (including phenoxy) is 2. The van der Waals surface area contributed by atoms with Crippen LogP contribution in [-0.4, -0.2) is 46.0 Å². The molecule has 2 N–H and O–H groups in total. The van der Waals surface area contributed by atoms with E-state index >= 15 is 0 Å². The minimum Gasteiger partial charge on any atom is -0.507 e. The molecule has 1 fully saturated rings. The molecule has 0 bridgehead atoms. The van der Waals surface area contributed by atoms with Crippen molar-refractivity contribution >= 4 is 17.4 Å². The van der Waals surface area contributed by atoms with Gasteiger partial charge in [-0.2, -0.15) is 0 Å². The van der Waals surface area contributed by atoms with Crippen LogP contribution < -0.4 is 9.47 Å². The van der Waals surface area contributed by atoms with Gasteiger partial charge in [-0.25, -0.2) is 0 Å². The summed E-state index contributed by atoms with van der Waals surface area (Å²) in [6.07, 6.45) is 3.23. The van der Waals surface area contributed by atoms with Crippen molar-refractivity contribution in [2.24, 2.45) is 0 Å². The van der Waals surface area contributed by atoms with Gasteiger partial charge in [0, 0.05) is 24.5 Å². The highest BCUT2D eigenvalue weighted by Crippen LogP contribution is 2.43. The molecular weight excluding hydrogens is 436 g/mol. The third-order valence-corrected chi connectivity index (χ3v) is 5.82. The molecule has 1 amide bonds. The number of methoxy groups -OCH3 is 2. The van der Waals surface area contributed by atoms with Gasteiger partial charge >= 0.3 is 0 Å². The maximum atomic E-state index is 13.2. The molecule has 0 radical (unpaired) electrons. The van der Waals surface area contributed by atoms with E-state index < -0.39 is 17.7 Å². The molecule has 0 saturated carbocycles. The number of nitrogens with zero attached hydrogens (tertiary/aromatic N) is 2. The lowest BCUT2D eigenvalue weighted by Crippen LogP contribution is -2.29. The van der Waals surface area contributed by atoms with Gasteiger partial charge in [-0.05, 0) is 60.0 Å². The zero-order valence-electron chi connectivity index (χ0n) is 19.0. The summed E-state index contributed by atoms with van der Waals surface area (Å²) in [5.74, 6) is -1.12. The number of amides is 1. The smallest absolute Gasteiger partial charge is 0.295 e. The van der Waals surface area contributed by atoms with Gasteiger partial charge in [0.05, 0.1) is 25.8 Å². The number of hydrogen-bond acceptors (Lipinski definition) is 7. The van der Waals surface area contributed by atoms with Gasteiger partial charge in [-0.3, -0.25) is 14.6 Å². The summed E-state index contributed by atoms with van der Waals surface area (Å²) < 4.78 is 10.5. The van der Waals surface area contributed by atoms with Gasteiger partial charge in [0.1, 0.15) is 11.5 Å². The molecule has 2 heterocycles. The van der Waals surface area contributed by atoms with Crippen molar-refractivity contribution in [3.8, 4) is 17.2 Å². The van der Waals surface area contributed by atoms with E-state index in [2.05, 4.69) is 4.98 Å². The normalized spacial score (nSPS) is 17.1. The number of aliphatic hydroxyl groups is 1.